The second kappa shape index (κ2) is 6.52. The molecule has 0 bridgehead atoms. The number of furan rings is 1. The lowest BCUT2D eigenvalue weighted by atomic mass is 10.0. The first kappa shape index (κ1) is 15.1. The molecule has 0 aliphatic rings. The molecule has 2 heterocycles. The number of phenolic OH excluding ortho intramolecular Hbond substituents is 1. The average molecular weight is 310 g/mol. The minimum atomic E-state index is -0.546. The van der Waals surface area contributed by atoms with Gasteiger partial charge in [-0.15, -0.1) is 0 Å². The fourth-order valence-corrected chi connectivity index (χ4v) is 2.60. The van der Waals surface area contributed by atoms with Crippen molar-refractivity contribution in [2.45, 2.75) is 25.8 Å². The van der Waals surface area contributed by atoms with Crippen molar-refractivity contribution in [2.24, 2.45) is 0 Å². The molecule has 1 aromatic carbocycles. The Bertz CT molecular complexity index is 812. The molecule has 0 unspecified atom stereocenters. The van der Waals surface area contributed by atoms with E-state index in [0.29, 0.717) is 23.3 Å². The Hall–Kier alpha value is -2.82. The topological polar surface area (TPSA) is 75.4 Å². The fraction of sp³-hybridized carbons (Fsp3) is 0.222. The number of hydrogen-bond acceptors (Lipinski definition) is 4. The Labute approximate surface area is 134 Å². The number of carbonyl (C=O) groups excluding carboxylic acids is 1. The second-order valence-electron chi connectivity index (χ2n) is 5.34. The monoisotopic (exact) mass is 310 g/mol. The van der Waals surface area contributed by atoms with E-state index in [-0.39, 0.29) is 11.7 Å². The number of fused-ring (bicyclic) bond motifs is 1. The van der Waals surface area contributed by atoms with Gasteiger partial charge in [0.1, 0.15) is 23.1 Å². The van der Waals surface area contributed by atoms with E-state index in [1.807, 2.05) is 25.1 Å². The van der Waals surface area contributed by atoms with E-state index in [4.69, 9.17) is 4.42 Å². The molecule has 0 aliphatic carbocycles. The molecular weight excluding hydrogens is 292 g/mol. The molecule has 23 heavy (non-hydrogen) atoms. The van der Waals surface area contributed by atoms with Crippen molar-refractivity contribution in [1.82, 2.24) is 10.3 Å². The van der Waals surface area contributed by atoms with Crippen molar-refractivity contribution in [3.05, 3.63) is 60.2 Å². The lowest BCUT2D eigenvalue weighted by Crippen LogP contribution is -2.28. The van der Waals surface area contributed by atoms with E-state index < -0.39 is 6.04 Å². The third-order valence-corrected chi connectivity index (χ3v) is 3.70. The molecule has 3 aromatic rings. The van der Waals surface area contributed by atoms with Crippen LogP contribution in [0, 0.1) is 0 Å². The zero-order valence-corrected chi connectivity index (χ0v) is 12.8. The minimum absolute atomic E-state index is 0.0568. The van der Waals surface area contributed by atoms with Crippen LogP contribution >= 0.6 is 0 Å². The van der Waals surface area contributed by atoms with E-state index in [2.05, 4.69) is 10.3 Å². The Morgan fingerprint density at radius 2 is 2.17 bits per heavy atom. The van der Waals surface area contributed by atoms with Gasteiger partial charge in [-0.3, -0.25) is 9.78 Å². The number of nitrogens with zero attached hydrogens (tertiary/aromatic N) is 1. The van der Waals surface area contributed by atoms with Gasteiger partial charge in [0.15, 0.2) is 0 Å². The summed E-state index contributed by atoms with van der Waals surface area (Å²) in [7, 11) is 0. The molecule has 0 fully saturated rings. The maximum absolute atomic E-state index is 12.0. The summed E-state index contributed by atoms with van der Waals surface area (Å²) in [6, 6.07) is 10.3. The molecule has 0 saturated heterocycles. The highest BCUT2D eigenvalue weighted by Gasteiger charge is 2.23. The van der Waals surface area contributed by atoms with Crippen LogP contribution in [-0.2, 0) is 4.79 Å². The summed E-state index contributed by atoms with van der Waals surface area (Å²) in [5.41, 5.74) is 1.07. The van der Waals surface area contributed by atoms with E-state index in [0.717, 1.165) is 11.8 Å². The zero-order valence-electron chi connectivity index (χ0n) is 12.8. The number of amides is 1. The Balaban J connectivity index is 2.06. The molecule has 3 rings (SSSR count). The van der Waals surface area contributed by atoms with Crippen LogP contribution in [0.4, 0.5) is 0 Å². The van der Waals surface area contributed by atoms with E-state index in [1.54, 1.807) is 30.7 Å². The van der Waals surface area contributed by atoms with Crippen molar-refractivity contribution < 1.29 is 14.3 Å². The van der Waals surface area contributed by atoms with Gasteiger partial charge in [0.05, 0.1) is 6.26 Å². The SMILES string of the molecule is CCCC(=O)N[C@@H](c1ccco1)c1ccc2cccnc2c1O. The fourth-order valence-electron chi connectivity index (χ4n) is 2.60. The average Bonchev–Trinajstić information content (AvgIpc) is 3.08. The molecule has 0 radical (unpaired) electrons. The predicted molar refractivity (Wildman–Crippen MR) is 87.0 cm³/mol. The summed E-state index contributed by atoms with van der Waals surface area (Å²) in [5.74, 6) is 0.538. The molecule has 0 spiro atoms. The number of hydrogen-bond donors (Lipinski definition) is 2. The van der Waals surface area contributed by atoms with Crippen LogP contribution in [0.1, 0.15) is 37.1 Å². The third-order valence-electron chi connectivity index (χ3n) is 3.70. The number of rotatable bonds is 5. The van der Waals surface area contributed by atoms with Crippen LogP contribution in [0.15, 0.2) is 53.3 Å². The maximum Gasteiger partial charge on any atom is 0.220 e. The molecule has 1 amide bonds. The highest BCUT2D eigenvalue weighted by atomic mass is 16.3. The zero-order chi connectivity index (χ0) is 16.2. The summed E-state index contributed by atoms with van der Waals surface area (Å²) < 4.78 is 5.45. The highest BCUT2D eigenvalue weighted by molar-refractivity contribution is 5.86. The van der Waals surface area contributed by atoms with Crippen molar-refractivity contribution in [1.29, 1.82) is 0 Å². The first-order valence-corrected chi connectivity index (χ1v) is 7.60. The summed E-state index contributed by atoms with van der Waals surface area (Å²) in [6.45, 7) is 1.94. The summed E-state index contributed by atoms with van der Waals surface area (Å²) in [6.07, 6.45) is 4.35. The van der Waals surface area contributed by atoms with Gasteiger partial charge in [-0.1, -0.05) is 25.1 Å². The summed E-state index contributed by atoms with van der Waals surface area (Å²) >= 11 is 0. The number of benzene rings is 1. The molecule has 0 aliphatic heterocycles. The van der Waals surface area contributed by atoms with Gasteiger partial charge in [0.2, 0.25) is 5.91 Å². The Kier molecular flexibility index (Phi) is 4.28. The van der Waals surface area contributed by atoms with Gasteiger partial charge in [-0.05, 0) is 24.6 Å². The largest absolute Gasteiger partial charge is 0.505 e. The van der Waals surface area contributed by atoms with Gasteiger partial charge in [0, 0.05) is 23.6 Å². The Morgan fingerprint density at radius 1 is 1.30 bits per heavy atom. The molecular formula is C18H18N2O3. The normalized spacial score (nSPS) is 12.2. The molecule has 2 N–H and O–H groups in total. The number of nitrogens with one attached hydrogen (secondary N) is 1. The number of pyridine rings is 1. The summed E-state index contributed by atoms with van der Waals surface area (Å²) in [5, 5.41) is 14.4. The second-order valence-corrected chi connectivity index (χ2v) is 5.34. The minimum Gasteiger partial charge on any atom is -0.505 e. The van der Waals surface area contributed by atoms with Crippen LogP contribution in [0.3, 0.4) is 0 Å². The van der Waals surface area contributed by atoms with Gasteiger partial charge in [-0.2, -0.15) is 0 Å². The maximum atomic E-state index is 12.0. The third kappa shape index (κ3) is 3.04. The molecule has 0 saturated carbocycles. The molecule has 1 atom stereocenters. The molecule has 2 aromatic heterocycles. The first-order valence-electron chi connectivity index (χ1n) is 7.60. The smallest absolute Gasteiger partial charge is 0.220 e. The van der Waals surface area contributed by atoms with Gasteiger partial charge < -0.3 is 14.8 Å². The lowest BCUT2D eigenvalue weighted by Gasteiger charge is -2.19. The van der Waals surface area contributed by atoms with E-state index in [1.165, 1.54) is 0 Å². The standard InChI is InChI=1S/C18H18N2O3/c1-2-5-15(21)20-17(14-7-4-11-23-14)13-9-8-12-6-3-10-19-16(12)18(13)22/h3-4,6-11,17,22H,2,5H2,1H3,(H,20,21)/t17-/m1/s1. The number of phenols is 1. The highest BCUT2D eigenvalue weighted by Crippen LogP contribution is 2.34. The number of aromatic hydroxyl groups is 1. The molecule has 118 valence electrons. The Morgan fingerprint density at radius 3 is 2.91 bits per heavy atom. The van der Waals surface area contributed by atoms with Gasteiger partial charge in [-0.25, -0.2) is 0 Å². The van der Waals surface area contributed by atoms with Crippen LogP contribution in [0.2, 0.25) is 0 Å². The van der Waals surface area contributed by atoms with Crippen LogP contribution < -0.4 is 5.32 Å². The van der Waals surface area contributed by atoms with Crippen molar-refractivity contribution >= 4 is 16.8 Å². The van der Waals surface area contributed by atoms with Crippen LogP contribution in [0.5, 0.6) is 5.75 Å². The van der Waals surface area contributed by atoms with E-state index in [9.17, 15) is 9.90 Å². The molecule has 5 nitrogen and oxygen atoms in total. The van der Waals surface area contributed by atoms with Crippen molar-refractivity contribution in [2.75, 3.05) is 0 Å². The van der Waals surface area contributed by atoms with Crippen LogP contribution in [-0.4, -0.2) is 16.0 Å². The number of aromatic nitrogens is 1. The van der Waals surface area contributed by atoms with Crippen molar-refractivity contribution in [3.8, 4) is 5.75 Å². The lowest BCUT2D eigenvalue weighted by molar-refractivity contribution is -0.121. The van der Waals surface area contributed by atoms with E-state index >= 15 is 0 Å². The van der Waals surface area contributed by atoms with Crippen molar-refractivity contribution in [3.63, 3.8) is 0 Å². The van der Waals surface area contributed by atoms with Gasteiger partial charge in [0.25, 0.3) is 0 Å². The predicted octanol–water partition coefficient (Wildman–Crippen LogP) is 3.54. The number of carbonyl (C=O) groups is 1. The quantitative estimate of drug-likeness (QED) is 0.756. The molecule has 5 heteroatoms. The van der Waals surface area contributed by atoms with Gasteiger partial charge >= 0.3 is 0 Å². The first-order chi connectivity index (χ1) is 11.2. The summed E-state index contributed by atoms with van der Waals surface area (Å²) in [4.78, 5) is 16.3. The van der Waals surface area contributed by atoms with Crippen LogP contribution in [0.25, 0.3) is 10.9 Å².